The molecular formula is C10H19N3. The number of hydrogen-bond donors (Lipinski definition) is 0. The van der Waals surface area contributed by atoms with Crippen LogP contribution in [0.4, 0.5) is 0 Å². The van der Waals surface area contributed by atoms with Crippen molar-refractivity contribution in [2.24, 2.45) is 0 Å². The van der Waals surface area contributed by atoms with Gasteiger partial charge in [-0.3, -0.25) is 9.80 Å². The van der Waals surface area contributed by atoms with E-state index in [0.29, 0.717) is 12.5 Å². The molecule has 74 valence electrons. The first kappa shape index (κ1) is 10.5. The molecule has 0 aliphatic carbocycles. The third kappa shape index (κ3) is 2.20. The molecule has 1 fully saturated rings. The van der Waals surface area contributed by atoms with E-state index in [4.69, 9.17) is 5.26 Å². The lowest BCUT2D eigenvalue weighted by Gasteiger charge is -2.48. The third-order valence-corrected chi connectivity index (χ3v) is 3.10. The number of piperazine rings is 1. The van der Waals surface area contributed by atoms with E-state index < -0.39 is 0 Å². The van der Waals surface area contributed by atoms with Crippen LogP contribution < -0.4 is 0 Å². The molecule has 0 saturated carbocycles. The van der Waals surface area contributed by atoms with E-state index in [1.165, 1.54) is 0 Å². The third-order valence-electron chi connectivity index (χ3n) is 3.10. The number of rotatable bonds is 1. The summed E-state index contributed by atoms with van der Waals surface area (Å²) in [6, 6.07) is 2.65. The molecule has 1 aliphatic rings. The molecule has 0 N–H and O–H groups in total. The summed E-state index contributed by atoms with van der Waals surface area (Å²) in [5.74, 6) is 0. The van der Waals surface area contributed by atoms with Gasteiger partial charge in [0.2, 0.25) is 0 Å². The van der Waals surface area contributed by atoms with Crippen molar-refractivity contribution in [2.75, 3.05) is 27.2 Å². The summed E-state index contributed by atoms with van der Waals surface area (Å²) in [5.41, 5.74) is 0.237. The van der Waals surface area contributed by atoms with Gasteiger partial charge in [0, 0.05) is 24.7 Å². The Kier molecular flexibility index (Phi) is 2.94. The van der Waals surface area contributed by atoms with Crippen LogP contribution in [-0.2, 0) is 0 Å². The zero-order chi connectivity index (χ0) is 10.1. The van der Waals surface area contributed by atoms with Gasteiger partial charge in [-0.05, 0) is 27.9 Å². The van der Waals surface area contributed by atoms with Gasteiger partial charge in [-0.1, -0.05) is 0 Å². The van der Waals surface area contributed by atoms with E-state index in [0.717, 1.165) is 13.1 Å². The van der Waals surface area contributed by atoms with E-state index >= 15 is 0 Å². The van der Waals surface area contributed by atoms with Crippen LogP contribution in [0, 0.1) is 11.3 Å². The van der Waals surface area contributed by atoms with Gasteiger partial charge in [-0.15, -0.1) is 0 Å². The summed E-state index contributed by atoms with van der Waals surface area (Å²) in [6.45, 7) is 6.52. The van der Waals surface area contributed by atoms with Crippen molar-refractivity contribution >= 4 is 0 Å². The van der Waals surface area contributed by atoms with Crippen LogP contribution in [0.25, 0.3) is 0 Å². The number of hydrogen-bond acceptors (Lipinski definition) is 3. The molecule has 3 nitrogen and oxygen atoms in total. The van der Waals surface area contributed by atoms with Crippen molar-refractivity contribution in [1.29, 1.82) is 5.26 Å². The number of likely N-dealkylation sites (N-methyl/N-ethyl adjacent to an activating group) is 2. The van der Waals surface area contributed by atoms with Gasteiger partial charge in [0.1, 0.15) is 0 Å². The number of nitriles is 1. The molecule has 13 heavy (non-hydrogen) atoms. The molecule has 0 aromatic heterocycles. The standard InChI is InChI=1S/C10H19N3/c1-10(2)8-12(3)9(5-6-11)7-13(10)4/h9H,5,7-8H2,1-4H3. The maximum Gasteiger partial charge on any atom is 0.0638 e. The molecule has 0 amide bonds. The second-order valence-electron chi connectivity index (χ2n) is 4.62. The molecule has 1 rings (SSSR count). The van der Waals surface area contributed by atoms with Crippen molar-refractivity contribution < 1.29 is 0 Å². The quantitative estimate of drug-likeness (QED) is 0.602. The molecule has 0 aromatic carbocycles. The Morgan fingerprint density at radius 3 is 2.62 bits per heavy atom. The van der Waals surface area contributed by atoms with E-state index in [2.05, 4.69) is 43.8 Å². The lowest BCUT2D eigenvalue weighted by Crippen LogP contribution is -2.60. The van der Waals surface area contributed by atoms with E-state index in [1.807, 2.05) is 0 Å². The second-order valence-corrected chi connectivity index (χ2v) is 4.62. The Balaban J connectivity index is 2.63. The van der Waals surface area contributed by atoms with Gasteiger partial charge in [0.15, 0.2) is 0 Å². The van der Waals surface area contributed by atoms with Crippen LogP contribution in [0.15, 0.2) is 0 Å². The fourth-order valence-electron chi connectivity index (χ4n) is 1.89. The van der Waals surface area contributed by atoms with Crippen molar-refractivity contribution in [1.82, 2.24) is 9.80 Å². The highest BCUT2D eigenvalue weighted by Gasteiger charge is 2.34. The highest BCUT2D eigenvalue weighted by atomic mass is 15.3. The fourth-order valence-corrected chi connectivity index (χ4v) is 1.89. The lowest BCUT2D eigenvalue weighted by atomic mass is 9.96. The minimum Gasteiger partial charge on any atom is -0.299 e. The molecule has 1 aliphatic heterocycles. The molecule has 3 heteroatoms. The Labute approximate surface area is 80.9 Å². The van der Waals surface area contributed by atoms with Crippen LogP contribution in [0.2, 0.25) is 0 Å². The normalized spacial score (nSPS) is 29.9. The summed E-state index contributed by atoms with van der Waals surface area (Å²) < 4.78 is 0. The van der Waals surface area contributed by atoms with Crippen LogP contribution in [0.3, 0.4) is 0 Å². The highest BCUT2D eigenvalue weighted by Crippen LogP contribution is 2.22. The Morgan fingerprint density at radius 1 is 1.46 bits per heavy atom. The van der Waals surface area contributed by atoms with Gasteiger partial charge >= 0.3 is 0 Å². The molecule has 0 spiro atoms. The zero-order valence-corrected chi connectivity index (χ0v) is 9.04. The minimum atomic E-state index is 0.237. The minimum absolute atomic E-state index is 0.237. The van der Waals surface area contributed by atoms with Crippen LogP contribution in [0.5, 0.6) is 0 Å². The predicted octanol–water partition coefficient (Wildman–Crippen LogP) is 0.924. The summed E-state index contributed by atoms with van der Waals surface area (Å²) in [5, 5.41) is 8.66. The smallest absolute Gasteiger partial charge is 0.0638 e. The summed E-state index contributed by atoms with van der Waals surface area (Å²) in [4.78, 5) is 4.64. The Morgan fingerprint density at radius 2 is 2.08 bits per heavy atom. The largest absolute Gasteiger partial charge is 0.299 e. The molecule has 0 aromatic rings. The van der Waals surface area contributed by atoms with Crippen molar-refractivity contribution in [3.63, 3.8) is 0 Å². The topological polar surface area (TPSA) is 30.3 Å². The van der Waals surface area contributed by atoms with Crippen LogP contribution in [-0.4, -0.2) is 48.6 Å². The van der Waals surface area contributed by atoms with E-state index in [9.17, 15) is 0 Å². The lowest BCUT2D eigenvalue weighted by molar-refractivity contribution is 0.0153. The first-order chi connectivity index (χ1) is 5.97. The monoisotopic (exact) mass is 181 g/mol. The first-order valence-corrected chi connectivity index (χ1v) is 4.76. The van der Waals surface area contributed by atoms with Gasteiger partial charge in [0.05, 0.1) is 12.5 Å². The van der Waals surface area contributed by atoms with E-state index in [1.54, 1.807) is 0 Å². The Bertz CT molecular complexity index is 217. The van der Waals surface area contributed by atoms with Gasteiger partial charge in [-0.25, -0.2) is 0 Å². The fraction of sp³-hybridized carbons (Fsp3) is 0.900. The van der Waals surface area contributed by atoms with Gasteiger partial charge in [-0.2, -0.15) is 5.26 Å². The summed E-state index contributed by atoms with van der Waals surface area (Å²) >= 11 is 0. The summed E-state index contributed by atoms with van der Waals surface area (Å²) in [7, 11) is 4.24. The van der Waals surface area contributed by atoms with Gasteiger partial charge in [0.25, 0.3) is 0 Å². The maximum atomic E-state index is 8.66. The van der Waals surface area contributed by atoms with Crippen LogP contribution >= 0.6 is 0 Å². The van der Waals surface area contributed by atoms with Crippen LogP contribution in [0.1, 0.15) is 20.3 Å². The molecule has 0 bridgehead atoms. The maximum absolute atomic E-state index is 8.66. The van der Waals surface area contributed by atoms with Crippen molar-refractivity contribution in [3.05, 3.63) is 0 Å². The van der Waals surface area contributed by atoms with E-state index in [-0.39, 0.29) is 5.54 Å². The molecule has 1 heterocycles. The molecule has 0 radical (unpaired) electrons. The molecule has 1 saturated heterocycles. The zero-order valence-electron chi connectivity index (χ0n) is 9.04. The Hall–Kier alpha value is -0.590. The average molecular weight is 181 g/mol. The average Bonchev–Trinajstić information content (AvgIpc) is 2.00. The first-order valence-electron chi connectivity index (χ1n) is 4.76. The van der Waals surface area contributed by atoms with Gasteiger partial charge < -0.3 is 0 Å². The molecule has 1 unspecified atom stereocenters. The SMILES string of the molecule is CN1CC(C)(C)N(C)CC1CC#N. The molecular weight excluding hydrogens is 162 g/mol. The number of nitrogens with zero attached hydrogens (tertiary/aromatic N) is 3. The molecule has 1 atom stereocenters. The highest BCUT2D eigenvalue weighted by molar-refractivity contribution is 4.95. The predicted molar refractivity (Wildman–Crippen MR) is 53.4 cm³/mol. The van der Waals surface area contributed by atoms with Crippen molar-refractivity contribution in [2.45, 2.75) is 31.8 Å². The second kappa shape index (κ2) is 3.65. The van der Waals surface area contributed by atoms with Crippen molar-refractivity contribution in [3.8, 4) is 6.07 Å². The summed E-state index contributed by atoms with van der Waals surface area (Å²) in [6.07, 6.45) is 0.636.